The molecule has 4 nitrogen and oxygen atoms in total. The molecule has 0 amide bonds. The van der Waals surface area contributed by atoms with E-state index < -0.39 is 5.97 Å². The number of hydrogen-bond donors (Lipinski definition) is 2. The minimum absolute atomic E-state index is 0.115. The smallest absolute Gasteiger partial charge is 0.339 e. The van der Waals surface area contributed by atoms with Crippen molar-refractivity contribution in [1.82, 2.24) is 4.98 Å². The number of carboxylic acid groups (broad SMARTS) is 1. The number of aromatic nitrogens is 1. The van der Waals surface area contributed by atoms with Gasteiger partial charge in [0, 0.05) is 17.9 Å². The van der Waals surface area contributed by atoms with E-state index in [9.17, 15) is 9.18 Å². The van der Waals surface area contributed by atoms with Crippen molar-refractivity contribution in [2.75, 3.05) is 5.32 Å². The minimum Gasteiger partial charge on any atom is -0.478 e. The molecule has 2 aromatic rings. The number of pyridine rings is 1. The highest BCUT2D eigenvalue weighted by Gasteiger charge is 2.14. The van der Waals surface area contributed by atoms with Crippen molar-refractivity contribution in [2.45, 2.75) is 19.9 Å². The van der Waals surface area contributed by atoms with Gasteiger partial charge in [-0.05, 0) is 37.6 Å². The van der Waals surface area contributed by atoms with Crippen molar-refractivity contribution in [3.63, 3.8) is 0 Å². The van der Waals surface area contributed by atoms with Crippen LogP contribution in [-0.4, -0.2) is 16.1 Å². The molecule has 0 aliphatic heterocycles. The van der Waals surface area contributed by atoms with Gasteiger partial charge in [0.25, 0.3) is 0 Å². The van der Waals surface area contributed by atoms with Crippen molar-refractivity contribution in [3.8, 4) is 0 Å². The van der Waals surface area contributed by atoms with Crippen LogP contribution in [0.4, 0.5) is 10.1 Å². The van der Waals surface area contributed by atoms with Gasteiger partial charge >= 0.3 is 5.97 Å². The third kappa shape index (κ3) is 3.12. The molecule has 0 aliphatic rings. The monoisotopic (exact) mass is 274 g/mol. The first kappa shape index (κ1) is 14.0. The zero-order valence-corrected chi connectivity index (χ0v) is 11.2. The molecule has 0 spiro atoms. The molecule has 20 heavy (non-hydrogen) atoms. The Hall–Kier alpha value is -2.43. The summed E-state index contributed by atoms with van der Waals surface area (Å²) in [6.45, 7) is 3.67. The molecule has 104 valence electrons. The number of nitrogens with one attached hydrogen (secondary N) is 1. The highest BCUT2D eigenvalue weighted by atomic mass is 19.1. The van der Waals surface area contributed by atoms with Crippen molar-refractivity contribution < 1.29 is 14.3 Å². The Balaban J connectivity index is 2.27. The average Bonchev–Trinajstić information content (AvgIpc) is 2.39. The molecular weight excluding hydrogens is 259 g/mol. The van der Waals surface area contributed by atoms with Crippen LogP contribution in [0.5, 0.6) is 0 Å². The second-order valence-corrected chi connectivity index (χ2v) is 4.59. The topological polar surface area (TPSA) is 62.2 Å². The maximum absolute atomic E-state index is 12.9. The van der Waals surface area contributed by atoms with E-state index in [0.717, 1.165) is 11.3 Å². The number of aromatic carboxylic acids is 1. The Morgan fingerprint density at radius 1 is 1.35 bits per heavy atom. The Morgan fingerprint density at radius 3 is 2.60 bits per heavy atom. The van der Waals surface area contributed by atoms with Crippen LogP contribution in [0, 0.1) is 12.7 Å². The molecule has 1 aromatic carbocycles. The van der Waals surface area contributed by atoms with Crippen LogP contribution in [0.1, 0.15) is 34.6 Å². The number of carbonyl (C=O) groups is 1. The predicted molar refractivity (Wildman–Crippen MR) is 74.4 cm³/mol. The van der Waals surface area contributed by atoms with E-state index >= 15 is 0 Å². The van der Waals surface area contributed by atoms with Gasteiger partial charge in [-0.15, -0.1) is 0 Å². The van der Waals surface area contributed by atoms with Crippen molar-refractivity contribution >= 4 is 11.7 Å². The number of carboxylic acids is 1. The van der Waals surface area contributed by atoms with Crippen LogP contribution in [0.15, 0.2) is 36.5 Å². The fourth-order valence-electron chi connectivity index (χ4n) is 1.92. The van der Waals surface area contributed by atoms with E-state index in [4.69, 9.17) is 5.11 Å². The lowest BCUT2D eigenvalue weighted by Crippen LogP contribution is -2.11. The Kier molecular flexibility index (Phi) is 3.98. The zero-order valence-electron chi connectivity index (χ0n) is 11.2. The minimum atomic E-state index is -1.04. The normalized spacial score (nSPS) is 11.9. The van der Waals surface area contributed by atoms with Crippen molar-refractivity contribution in [2.24, 2.45) is 0 Å². The molecule has 0 aliphatic carbocycles. The van der Waals surface area contributed by atoms with Gasteiger partial charge in [0.1, 0.15) is 11.4 Å². The van der Waals surface area contributed by atoms with E-state index in [-0.39, 0.29) is 17.4 Å². The van der Waals surface area contributed by atoms with Gasteiger partial charge in [-0.1, -0.05) is 12.1 Å². The largest absolute Gasteiger partial charge is 0.478 e. The molecule has 0 fully saturated rings. The summed E-state index contributed by atoms with van der Waals surface area (Å²) < 4.78 is 12.9. The summed E-state index contributed by atoms with van der Waals surface area (Å²) in [4.78, 5) is 15.1. The number of hydrogen-bond acceptors (Lipinski definition) is 3. The zero-order chi connectivity index (χ0) is 14.7. The summed E-state index contributed by atoms with van der Waals surface area (Å²) in [7, 11) is 0. The molecule has 1 atom stereocenters. The summed E-state index contributed by atoms with van der Waals surface area (Å²) in [5, 5.41) is 12.3. The summed E-state index contributed by atoms with van der Waals surface area (Å²) in [6, 6.07) is 7.63. The van der Waals surface area contributed by atoms with Gasteiger partial charge in [0.05, 0.1) is 5.69 Å². The fourth-order valence-corrected chi connectivity index (χ4v) is 1.92. The molecular formula is C15H15FN2O2. The van der Waals surface area contributed by atoms with Crippen LogP contribution in [0.3, 0.4) is 0 Å². The first-order valence-electron chi connectivity index (χ1n) is 6.19. The number of nitrogens with zero attached hydrogens (tertiary/aromatic N) is 1. The molecule has 1 heterocycles. The van der Waals surface area contributed by atoms with E-state index in [1.807, 2.05) is 6.92 Å². The first-order chi connectivity index (χ1) is 9.47. The molecule has 2 N–H and O–H groups in total. The maximum atomic E-state index is 12.9. The van der Waals surface area contributed by atoms with Gasteiger partial charge < -0.3 is 10.4 Å². The fraction of sp³-hybridized carbons (Fsp3) is 0.200. The standard InChI is InChI=1S/C15H15FN2O2/c1-9-7-14(13(8-17-9)15(19)20)18-10(2)11-3-5-12(16)6-4-11/h3-8,10H,1-2H3,(H,17,18)(H,19,20). The van der Waals surface area contributed by atoms with Crippen molar-refractivity contribution in [1.29, 1.82) is 0 Å². The summed E-state index contributed by atoms with van der Waals surface area (Å²) in [5.74, 6) is -1.33. The molecule has 1 aromatic heterocycles. The van der Waals surface area contributed by atoms with Gasteiger partial charge in [-0.2, -0.15) is 0 Å². The van der Waals surface area contributed by atoms with Crippen LogP contribution < -0.4 is 5.32 Å². The van der Waals surface area contributed by atoms with Gasteiger partial charge in [-0.3, -0.25) is 4.98 Å². The second kappa shape index (κ2) is 5.69. The lowest BCUT2D eigenvalue weighted by Gasteiger charge is -2.17. The molecule has 0 saturated carbocycles. The molecule has 1 unspecified atom stereocenters. The maximum Gasteiger partial charge on any atom is 0.339 e. The van der Waals surface area contributed by atoms with E-state index in [2.05, 4.69) is 10.3 Å². The molecule has 0 bridgehead atoms. The molecule has 0 radical (unpaired) electrons. The number of benzene rings is 1. The predicted octanol–water partition coefficient (Wildman–Crippen LogP) is 3.40. The van der Waals surface area contributed by atoms with Gasteiger partial charge in [0.2, 0.25) is 0 Å². The highest BCUT2D eigenvalue weighted by molar-refractivity contribution is 5.93. The van der Waals surface area contributed by atoms with E-state index in [0.29, 0.717) is 5.69 Å². The summed E-state index contributed by atoms with van der Waals surface area (Å²) in [5.41, 5.74) is 2.22. The Bertz CT molecular complexity index is 626. The first-order valence-corrected chi connectivity index (χ1v) is 6.19. The summed E-state index contributed by atoms with van der Waals surface area (Å²) >= 11 is 0. The summed E-state index contributed by atoms with van der Waals surface area (Å²) in [6.07, 6.45) is 1.33. The van der Waals surface area contributed by atoms with Crippen LogP contribution in [-0.2, 0) is 0 Å². The third-order valence-electron chi connectivity index (χ3n) is 3.01. The highest BCUT2D eigenvalue weighted by Crippen LogP contribution is 2.23. The van der Waals surface area contributed by atoms with Gasteiger partial charge in [-0.25, -0.2) is 9.18 Å². The van der Waals surface area contributed by atoms with Crippen LogP contribution in [0.25, 0.3) is 0 Å². The van der Waals surface area contributed by atoms with Crippen LogP contribution >= 0.6 is 0 Å². The average molecular weight is 274 g/mol. The van der Waals surface area contributed by atoms with Crippen molar-refractivity contribution in [3.05, 3.63) is 59.2 Å². The van der Waals surface area contributed by atoms with E-state index in [1.54, 1.807) is 25.1 Å². The third-order valence-corrected chi connectivity index (χ3v) is 3.01. The molecule has 0 saturated heterocycles. The quantitative estimate of drug-likeness (QED) is 0.897. The van der Waals surface area contributed by atoms with E-state index in [1.165, 1.54) is 18.3 Å². The molecule has 2 rings (SSSR count). The molecule has 5 heteroatoms. The SMILES string of the molecule is Cc1cc(NC(C)c2ccc(F)cc2)c(C(=O)O)cn1. The number of halogens is 1. The number of anilines is 1. The lowest BCUT2D eigenvalue weighted by molar-refractivity contribution is 0.0697. The van der Waals surface area contributed by atoms with Gasteiger partial charge in [0.15, 0.2) is 0 Å². The Labute approximate surface area is 116 Å². The van der Waals surface area contributed by atoms with Crippen LogP contribution in [0.2, 0.25) is 0 Å². The Morgan fingerprint density at radius 2 is 2.00 bits per heavy atom. The number of aryl methyl sites for hydroxylation is 1. The lowest BCUT2D eigenvalue weighted by atomic mass is 10.1. The second-order valence-electron chi connectivity index (χ2n) is 4.59. The number of rotatable bonds is 4.